The van der Waals surface area contributed by atoms with Crippen molar-refractivity contribution in [3.8, 4) is 5.75 Å². The van der Waals surface area contributed by atoms with Crippen LogP contribution in [0.4, 0.5) is 0 Å². The summed E-state index contributed by atoms with van der Waals surface area (Å²) >= 11 is 3.49. The number of carboxylic acid groups (broad SMARTS) is 1. The molecule has 0 spiro atoms. The first-order valence-corrected chi connectivity index (χ1v) is 12.8. The maximum absolute atomic E-state index is 10.8. The molecule has 2 aromatic rings. The number of rotatable bonds is 13. The van der Waals surface area contributed by atoms with Gasteiger partial charge in [-0.3, -0.25) is 4.79 Å². The van der Waals surface area contributed by atoms with Gasteiger partial charge in [0, 0.05) is 18.5 Å². The molecule has 1 aliphatic carbocycles. The fourth-order valence-electron chi connectivity index (χ4n) is 4.86. The summed E-state index contributed by atoms with van der Waals surface area (Å²) in [4.78, 5) is 10.8. The Hall–Kier alpha value is -1.89. The fraction of sp³-hybridized carbons (Fsp3) is 0.519. The molecule has 0 saturated carbocycles. The average molecular weight is 518 g/mol. The minimum atomic E-state index is -0.810. The molecule has 0 unspecified atom stereocenters. The Morgan fingerprint density at radius 2 is 1.85 bits per heavy atom. The van der Waals surface area contributed by atoms with Gasteiger partial charge in [-0.1, -0.05) is 44.2 Å². The summed E-state index contributed by atoms with van der Waals surface area (Å²) in [6.07, 6.45) is 5.38. The zero-order chi connectivity index (χ0) is 23.8. The smallest absolute Gasteiger partial charge is 0.303 e. The number of aliphatic hydroxyl groups excluding tert-OH is 1. The predicted octanol–water partition coefficient (Wildman–Crippen LogP) is 5.16. The quantitative estimate of drug-likeness (QED) is 0.342. The Bertz CT molecular complexity index is 903. The molecule has 33 heavy (non-hydrogen) atoms. The molecule has 0 amide bonds. The third kappa shape index (κ3) is 7.29. The normalized spacial score (nSPS) is 14.8. The van der Waals surface area contributed by atoms with E-state index in [1.165, 1.54) is 11.1 Å². The lowest BCUT2D eigenvalue weighted by molar-refractivity contribution is -0.136. The number of fused-ring (bicyclic) bond motifs is 1. The van der Waals surface area contributed by atoms with E-state index in [1.807, 2.05) is 18.2 Å². The number of β-amino-alcohol motifs (C(OH)–C–C–N with tert-alkyl or cyclic N) is 1. The van der Waals surface area contributed by atoms with Gasteiger partial charge < -0.3 is 20.3 Å². The van der Waals surface area contributed by atoms with E-state index in [-0.39, 0.29) is 18.6 Å². The number of aliphatic carboxylic acids is 1. The van der Waals surface area contributed by atoms with Crippen LogP contribution in [0.2, 0.25) is 0 Å². The van der Waals surface area contributed by atoms with Gasteiger partial charge in [-0.15, -0.1) is 0 Å². The van der Waals surface area contributed by atoms with Crippen LogP contribution >= 0.6 is 15.9 Å². The lowest BCUT2D eigenvalue weighted by Gasteiger charge is -2.36. The minimum Gasteiger partial charge on any atom is -0.490 e. The third-order valence-corrected chi connectivity index (χ3v) is 7.56. The third-order valence-electron chi connectivity index (χ3n) is 6.94. The second kappa shape index (κ2) is 12.0. The Labute approximate surface area is 205 Å². The number of halogens is 1. The Morgan fingerprint density at radius 1 is 1.18 bits per heavy atom. The molecular formula is C27H36BrNO4. The molecule has 3 rings (SSSR count). The van der Waals surface area contributed by atoms with Gasteiger partial charge in [-0.05, 0) is 89.2 Å². The molecule has 1 aliphatic rings. The highest BCUT2D eigenvalue weighted by atomic mass is 79.9. The van der Waals surface area contributed by atoms with E-state index in [2.05, 4.69) is 59.4 Å². The summed E-state index contributed by atoms with van der Waals surface area (Å²) in [5.41, 5.74) is 3.91. The lowest BCUT2D eigenvalue weighted by atomic mass is 9.81. The molecule has 0 aliphatic heterocycles. The predicted molar refractivity (Wildman–Crippen MR) is 135 cm³/mol. The van der Waals surface area contributed by atoms with E-state index in [0.29, 0.717) is 24.6 Å². The molecule has 180 valence electrons. The molecule has 0 aromatic heterocycles. The van der Waals surface area contributed by atoms with Crippen molar-refractivity contribution in [1.82, 2.24) is 5.32 Å². The zero-order valence-corrected chi connectivity index (χ0v) is 21.2. The number of hydrogen-bond donors (Lipinski definition) is 3. The molecule has 0 fully saturated rings. The van der Waals surface area contributed by atoms with Gasteiger partial charge in [-0.2, -0.15) is 0 Å². The van der Waals surface area contributed by atoms with Gasteiger partial charge in [0.05, 0.1) is 4.47 Å². The molecule has 3 N–H and O–H groups in total. The largest absolute Gasteiger partial charge is 0.490 e. The molecule has 1 atom stereocenters. The van der Waals surface area contributed by atoms with Crippen molar-refractivity contribution in [1.29, 1.82) is 0 Å². The van der Waals surface area contributed by atoms with E-state index >= 15 is 0 Å². The highest BCUT2D eigenvalue weighted by Crippen LogP contribution is 2.34. The molecule has 0 heterocycles. The number of nitrogens with one attached hydrogen (secondary N) is 1. The molecule has 5 nitrogen and oxygen atoms in total. The molecule has 0 saturated heterocycles. The van der Waals surface area contributed by atoms with Crippen LogP contribution in [0.1, 0.15) is 56.2 Å². The van der Waals surface area contributed by atoms with Gasteiger partial charge in [0.1, 0.15) is 18.5 Å². The van der Waals surface area contributed by atoms with Crippen molar-refractivity contribution in [3.63, 3.8) is 0 Å². The highest BCUT2D eigenvalue weighted by molar-refractivity contribution is 9.10. The number of carboxylic acids is 1. The van der Waals surface area contributed by atoms with Crippen LogP contribution in [0.15, 0.2) is 46.9 Å². The summed E-state index contributed by atoms with van der Waals surface area (Å²) in [7, 11) is 0. The van der Waals surface area contributed by atoms with Crippen LogP contribution in [0.25, 0.3) is 0 Å². The van der Waals surface area contributed by atoms with Crippen molar-refractivity contribution in [2.45, 2.75) is 70.4 Å². The lowest BCUT2D eigenvalue weighted by Crippen LogP contribution is -2.49. The molecule has 2 aromatic carbocycles. The standard InChI is InChI=1S/C27H36BrNO4/c1-3-27(4-2,16-20-13-21-7-5-6-8-22(21)14-20)29-17-23(30)18-33-25-11-9-19(15-24(25)28)10-12-26(31)32/h5-9,11,15,20,23,29-30H,3-4,10,12-14,16-18H2,1-2H3,(H,31,32)/t23-/m1/s1. The average Bonchev–Trinajstić information content (AvgIpc) is 3.22. The van der Waals surface area contributed by atoms with Crippen LogP contribution in [0, 0.1) is 5.92 Å². The number of aryl methyl sites for hydroxylation is 1. The maximum Gasteiger partial charge on any atom is 0.303 e. The summed E-state index contributed by atoms with van der Waals surface area (Å²) < 4.78 is 6.60. The van der Waals surface area contributed by atoms with Gasteiger partial charge in [0.15, 0.2) is 0 Å². The van der Waals surface area contributed by atoms with Crippen molar-refractivity contribution in [3.05, 3.63) is 63.6 Å². The molecular weight excluding hydrogens is 482 g/mol. The first-order valence-electron chi connectivity index (χ1n) is 12.0. The minimum absolute atomic E-state index is 0.0140. The number of aliphatic hydroxyl groups is 1. The topological polar surface area (TPSA) is 78.8 Å². The zero-order valence-electron chi connectivity index (χ0n) is 19.6. The second-order valence-electron chi connectivity index (χ2n) is 9.24. The Balaban J connectivity index is 1.49. The first kappa shape index (κ1) is 25.7. The van der Waals surface area contributed by atoms with Gasteiger partial charge in [-0.25, -0.2) is 0 Å². The van der Waals surface area contributed by atoms with E-state index in [9.17, 15) is 9.90 Å². The van der Waals surface area contributed by atoms with Crippen LogP contribution in [-0.4, -0.2) is 41.0 Å². The first-order chi connectivity index (χ1) is 15.8. The monoisotopic (exact) mass is 517 g/mol. The fourth-order valence-corrected chi connectivity index (χ4v) is 5.40. The van der Waals surface area contributed by atoms with Crippen molar-refractivity contribution in [2.24, 2.45) is 5.92 Å². The summed E-state index contributed by atoms with van der Waals surface area (Å²) in [6.45, 7) is 5.13. The van der Waals surface area contributed by atoms with Gasteiger partial charge >= 0.3 is 5.97 Å². The molecule has 6 heteroatoms. The van der Waals surface area contributed by atoms with Crippen LogP contribution in [0.5, 0.6) is 5.75 Å². The molecule has 0 radical (unpaired) electrons. The SMILES string of the molecule is CCC(CC)(CC1Cc2ccccc2C1)NC[C@@H](O)COc1ccc(CCC(=O)O)cc1Br. The Morgan fingerprint density at radius 3 is 2.42 bits per heavy atom. The molecule has 0 bridgehead atoms. The number of carbonyl (C=O) groups is 1. The van der Waals surface area contributed by atoms with Crippen molar-refractivity contribution in [2.75, 3.05) is 13.2 Å². The Kier molecular flexibility index (Phi) is 9.36. The van der Waals surface area contributed by atoms with E-state index in [0.717, 1.165) is 42.1 Å². The van der Waals surface area contributed by atoms with Crippen molar-refractivity contribution < 1.29 is 19.7 Å². The highest BCUT2D eigenvalue weighted by Gasteiger charge is 2.32. The summed E-state index contributed by atoms with van der Waals surface area (Å²) in [5, 5.41) is 23.1. The number of benzene rings is 2. The van der Waals surface area contributed by atoms with Crippen LogP contribution < -0.4 is 10.1 Å². The van der Waals surface area contributed by atoms with E-state index in [1.54, 1.807) is 0 Å². The van der Waals surface area contributed by atoms with Gasteiger partial charge in [0.25, 0.3) is 0 Å². The van der Waals surface area contributed by atoms with Crippen LogP contribution in [-0.2, 0) is 24.1 Å². The second-order valence-corrected chi connectivity index (χ2v) is 10.1. The van der Waals surface area contributed by atoms with E-state index in [4.69, 9.17) is 9.84 Å². The number of ether oxygens (including phenoxy) is 1. The number of hydrogen-bond acceptors (Lipinski definition) is 4. The van der Waals surface area contributed by atoms with E-state index < -0.39 is 12.1 Å². The van der Waals surface area contributed by atoms with Crippen LogP contribution in [0.3, 0.4) is 0 Å². The summed E-state index contributed by atoms with van der Waals surface area (Å²) in [6, 6.07) is 14.3. The van der Waals surface area contributed by atoms with Gasteiger partial charge in [0.2, 0.25) is 0 Å². The summed E-state index contributed by atoms with van der Waals surface area (Å²) in [5.74, 6) is 0.475. The van der Waals surface area contributed by atoms with Crippen molar-refractivity contribution >= 4 is 21.9 Å². The maximum atomic E-state index is 10.8.